The molecule has 1 aliphatic rings. The summed E-state index contributed by atoms with van der Waals surface area (Å²) in [6, 6.07) is 8.73. The summed E-state index contributed by atoms with van der Waals surface area (Å²) in [5.74, 6) is -0.264. The third-order valence-electron chi connectivity index (χ3n) is 3.98. The summed E-state index contributed by atoms with van der Waals surface area (Å²) in [6.45, 7) is 0.706. The highest BCUT2D eigenvalue weighted by atomic mass is 79.9. The van der Waals surface area contributed by atoms with E-state index in [-0.39, 0.29) is 27.8 Å². The third-order valence-corrected chi connectivity index (χ3v) is 5.25. The summed E-state index contributed by atoms with van der Waals surface area (Å²) in [7, 11) is 1.41. The molecule has 7 heteroatoms. The summed E-state index contributed by atoms with van der Waals surface area (Å²) in [5, 5.41) is 3.06. The molecule has 4 nitrogen and oxygen atoms in total. The molecule has 24 heavy (non-hydrogen) atoms. The lowest BCUT2D eigenvalue weighted by Crippen LogP contribution is -2.38. The van der Waals surface area contributed by atoms with Crippen LogP contribution < -0.4 is 15.0 Å². The zero-order valence-electron chi connectivity index (χ0n) is 12.9. The number of anilines is 1. The highest BCUT2D eigenvalue weighted by Gasteiger charge is 2.24. The predicted molar refractivity (Wildman–Crippen MR) is 95.4 cm³/mol. The van der Waals surface area contributed by atoms with Gasteiger partial charge in [0, 0.05) is 30.4 Å². The fraction of sp³-hybridized carbons (Fsp3) is 0.235. The van der Waals surface area contributed by atoms with Gasteiger partial charge in [-0.2, -0.15) is 0 Å². The molecule has 1 aliphatic heterocycles. The molecule has 0 saturated carbocycles. The van der Waals surface area contributed by atoms with Crippen molar-refractivity contribution in [2.75, 3.05) is 18.6 Å². The van der Waals surface area contributed by atoms with Crippen molar-refractivity contribution in [1.29, 1.82) is 0 Å². The van der Waals surface area contributed by atoms with Crippen molar-refractivity contribution < 1.29 is 13.9 Å². The number of nitrogens with one attached hydrogen (secondary N) is 1. The number of carbonyl (C=O) groups excluding carboxylic acids is 1. The number of carbonyl (C=O) groups is 1. The lowest BCUT2D eigenvalue weighted by atomic mass is 10.2. The second-order valence-corrected chi connectivity index (χ2v) is 6.53. The van der Waals surface area contributed by atoms with E-state index in [4.69, 9.17) is 16.3 Å². The number of hydrogen-bond donors (Lipinski definition) is 1. The number of para-hydroxylation sites is 1. The average Bonchev–Trinajstić information content (AvgIpc) is 3.02. The van der Waals surface area contributed by atoms with Crippen molar-refractivity contribution in [3.05, 3.63) is 56.8 Å². The maximum atomic E-state index is 13.9. The topological polar surface area (TPSA) is 41.6 Å². The summed E-state index contributed by atoms with van der Waals surface area (Å²) in [4.78, 5) is 14.1. The molecule has 0 radical (unpaired) electrons. The van der Waals surface area contributed by atoms with Crippen LogP contribution in [0.2, 0.25) is 5.02 Å². The molecule has 2 aromatic carbocycles. The van der Waals surface area contributed by atoms with Gasteiger partial charge in [-0.3, -0.25) is 4.90 Å². The Kier molecular flexibility index (Phi) is 4.96. The molecule has 0 aliphatic carbocycles. The summed E-state index contributed by atoms with van der Waals surface area (Å²) in [5.41, 5.74) is 2.48. The molecule has 2 amide bonds. The second kappa shape index (κ2) is 6.99. The Bertz CT molecular complexity index is 800. The van der Waals surface area contributed by atoms with Gasteiger partial charge in [-0.15, -0.1) is 0 Å². The minimum atomic E-state index is -0.494. The summed E-state index contributed by atoms with van der Waals surface area (Å²) >= 11 is 9.40. The first-order valence-electron chi connectivity index (χ1n) is 7.36. The number of halogens is 3. The molecule has 1 heterocycles. The first kappa shape index (κ1) is 17.0. The van der Waals surface area contributed by atoms with Gasteiger partial charge in [0.1, 0.15) is 11.6 Å². The molecular weight excluding hydrogens is 399 g/mol. The van der Waals surface area contributed by atoms with Crippen molar-refractivity contribution in [3.8, 4) is 5.75 Å². The van der Waals surface area contributed by atoms with Crippen LogP contribution in [0.4, 0.5) is 14.9 Å². The van der Waals surface area contributed by atoms with Crippen LogP contribution in [0.5, 0.6) is 5.75 Å². The molecule has 0 fully saturated rings. The maximum absolute atomic E-state index is 13.9. The standard InChI is InChI=1S/C17H15BrClFN2O2/c1-24-14-8-12(20)15(18)11(16(14)19)9-21-17(23)22-7-6-10-4-2-3-5-13(10)22/h2-5,8H,6-7,9H2,1H3,(H,21,23). The minimum Gasteiger partial charge on any atom is -0.495 e. The molecule has 1 N–H and O–H groups in total. The number of amides is 2. The van der Waals surface area contributed by atoms with Gasteiger partial charge in [0.15, 0.2) is 0 Å². The number of fused-ring (bicyclic) bond motifs is 1. The van der Waals surface area contributed by atoms with Crippen molar-refractivity contribution in [2.45, 2.75) is 13.0 Å². The Morgan fingerprint density at radius 3 is 2.96 bits per heavy atom. The van der Waals surface area contributed by atoms with Crippen molar-refractivity contribution >= 4 is 39.2 Å². The van der Waals surface area contributed by atoms with E-state index in [9.17, 15) is 9.18 Å². The largest absolute Gasteiger partial charge is 0.495 e. The molecule has 0 aromatic heterocycles. The number of benzene rings is 2. The van der Waals surface area contributed by atoms with Gasteiger partial charge in [-0.25, -0.2) is 9.18 Å². The second-order valence-electron chi connectivity index (χ2n) is 5.36. The average molecular weight is 414 g/mol. The van der Waals surface area contributed by atoms with Crippen LogP contribution in [0.25, 0.3) is 0 Å². The van der Waals surface area contributed by atoms with Gasteiger partial charge in [0.2, 0.25) is 0 Å². The Labute approximate surface area is 152 Å². The van der Waals surface area contributed by atoms with E-state index in [1.165, 1.54) is 13.2 Å². The van der Waals surface area contributed by atoms with Gasteiger partial charge in [0.05, 0.1) is 16.6 Å². The van der Waals surface area contributed by atoms with Gasteiger partial charge >= 0.3 is 6.03 Å². The number of hydrogen-bond acceptors (Lipinski definition) is 2. The van der Waals surface area contributed by atoms with Crippen LogP contribution in [0.1, 0.15) is 11.1 Å². The highest BCUT2D eigenvalue weighted by Crippen LogP contribution is 2.36. The summed E-state index contributed by atoms with van der Waals surface area (Å²) in [6.07, 6.45) is 0.821. The lowest BCUT2D eigenvalue weighted by Gasteiger charge is -2.19. The zero-order valence-corrected chi connectivity index (χ0v) is 15.2. The zero-order chi connectivity index (χ0) is 17.3. The third kappa shape index (κ3) is 3.08. The Morgan fingerprint density at radius 1 is 1.46 bits per heavy atom. The van der Waals surface area contributed by atoms with Gasteiger partial charge in [0.25, 0.3) is 0 Å². The number of nitrogens with zero attached hydrogens (tertiary/aromatic N) is 1. The minimum absolute atomic E-state index is 0.0883. The SMILES string of the molecule is COc1cc(F)c(Br)c(CNC(=O)N2CCc3ccccc32)c1Cl. The fourth-order valence-corrected chi connectivity index (χ4v) is 3.60. The smallest absolute Gasteiger partial charge is 0.322 e. The number of urea groups is 1. The van der Waals surface area contributed by atoms with E-state index >= 15 is 0 Å². The van der Waals surface area contributed by atoms with Crippen LogP contribution in [0, 0.1) is 5.82 Å². The van der Waals surface area contributed by atoms with Crippen molar-refractivity contribution in [3.63, 3.8) is 0 Å². The molecule has 0 spiro atoms. The lowest BCUT2D eigenvalue weighted by molar-refractivity contribution is 0.246. The fourth-order valence-electron chi connectivity index (χ4n) is 2.74. The monoisotopic (exact) mass is 412 g/mol. The quantitative estimate of drug-likeness (QED) is 0.752. The first-order chi connectivity index (χ1) is 11.5. The molecular formula is C17H15BrClFN2O2. The molecule has 3 rings (SSSR count). The van der Waals surface area contributed by atoms with Crippen LogP contribution >= 0.6 is 27.5 Å². The van der Waals surface area contributed by atoms with Crippen LogP contribution in [0.3, 0.4) is 0 Å². The van der Waals surface area contributed by atoms with E-state index in [1.807, 2.05) is 24.3 Å². The molecule has 0 bridgehead atoms. The molecule has 0 unspecified atom stereocenters. The number of methoxy groups -OCH3 is 1. The Balaban J connectivity index is 1.77. The summed E-state index contributed by atoms with van der Waals surface area (Å²) < 4.78 is 19.2. The van der Waals surface area contributed by atoms with Crippen LogP contribution in [0.15, 0.2) is 34.8 Å². The number of ether oxygens (including phenoxy) is 1. The van der Waals surface area contributed by atoms with E-state index in [0.717, 1.165) is 17.7 Å². The first-order valence-corrected chi connectivity index (χ1v) is 8.53. The van der Waals surface area contributed by atoms with Crippen LogP contribution in [-0.4, -0.2) is 19.7 Å². The molecule has 0 atom stereocenters. The van der Waals surface area contributed by atoms with E-state index in [0.29, 0.717) is 12.1 Å². The molecule has 2 aromatic rings. The van der Waals surface area contributed by atoms with Gasteiger partial charge < -0.3 is 10.1 Å². The van der Waals surface area contributed by atoms with Gasteiger partial charge in [-0.1, -0.05) is 29.8 Å². The van der Waals surface area contributed by atoms with Crippen molar-refractivity contribution in [1.82, 2.24) is 5.32 Å². The number of rotatable bonds is 3. The Hall–Kier alpha value is -1.79. The van der Waals surface area contributed by atoms with Gasteiger partial charge in [-0.05, 0) is 34.0 Å². The molecule has 126 valence electrons. The maximum Gasteiger partial charge on any atom is 0.322 e. The highest BCUT2D eigenvalue weighted by molar-refractivity contribution is 9.10. The normalized spacial score (nSPS) is 12.9. The van der Waals surface area contributed by atoms with E-state index in [1.54, 1.807) is 4.90 Å². The van der Waals surface area contributed by atoms with E-state index < -0.39 is 5.82 Å². The molecule has 0 saturated heterocycles. The van der Waals surface area contributed by atoms with E-state index in [2.05, 4.69) is 21.2 Å². The van der Waals surface area contributed by atoms with Crippen molar-refractivity contribution in [2.24, 2.45) is 0 Å². The Morgan fingerprint density at radius 2 is 2.21 bits per heavy atom. The van der Waals surface area contributed by atoms with Crippen LogP contribution in [-0.2, 0) is 13.0 Å². The predicted octanol–water partition coefficient (Wildman–Crippen LogP) is 4.52.